The molecule has 0 spiro atoms. The zero-order valence-electron chi connectivity index (χ0n) is 10.9. The van der Waals surface area contributed by atoms with Gasteiger partial charge in [-0.25, -0.2) is 0 Å². The zero-order chi connectivity index (χ0) is 13.2. The average molecular weight is 247 g/mol. The fourth-order valence-electron chi connectivity index (χ4n) is 2.40. The van der Waals surface area contributed by atoms with E-state index >= 15 is 0 Å². The molecule has 4 nitrogen and oxygen atoms in total. The summed E-state index contributed by atoms with van der Waals surface area (Å²) in [6.07, 6.45) is 2.61. The average Bonchev–Trinajstić information content (AvgIpc) is 2.72. The second-order valence-corrected chi connectivity index (χ2v) is 5.25. The van der Waals surface area contributed by atoms with Crippen LogP contribution in [-0.4, -0.2) is 24.5 Å². The van der Waals surface area contributed by atoms with Gasteiger partial charge in [-0.2, -0.15) is 0 Å². The minimum Gasteiger partial charge on any atom is -0.371 e. The summed E-state index contributed by atoms with van der Waals surface area (Å²) in [5, 5.41) is 0. The van der Waals surface area contributed by atoms with Crippen LogP contribution in [0.25, 0.3) is 0 Å². The third-order valence-corrected chi connectivity index (χ3v) is 3.67. The summed E-state index contributed by atoms with van der Waals surface area (Å²) in [4.78, 5) is 13.5. The van der Waals surface area contributed by atoms with Crippen LogP contribution in [0.5, 0.6) is 0 Å². The van der Waals surface area contributed by atoms with Gasteiger partial charge in [0.1, 0.15) is 0 Å². The van der Waals surface area contributed by atoms with E-state index in [1.807, 2.05) is 0 Å². The smallest absolute Gasteiger partial charge is 0.237 e. The number of carbonyl (C=O) groups is 1. The van der Waals surface area contributed by atoms with Gasteiger partial charge in [-0.1, -0.05) is 18.2 Å². The summed E-state index contributed by atoms with van der Waals surface area (Å²) in [5.74, 6) is -0.427. The van der Waals surface area contributed by atoms with Gasteiger partial charge in [0.25, 0.3) is 0 Å². The van der Waals surface area contributed by atoms with Crippen molar-refractivity contribution in [3.8, 4) is 0 Å². The van der Waals surface area contributed by atoms with E-state index in [0.29, 0.717) is 6.42 Å². The molecular weight excluding hydrogens is 226 g/mol. The van der Waals surface area contributed by atoms with Gasteiger partial charge in [0.05, 0.1) is 5.54 Å². The van der Waals surface area contributed by atoms with Gasteiger partial charge in [-0.05, 0) is 37.8 Å². The highest BCUT2D eigenvalue weighted by Crippen LogP contribution is 2.27. The summed E-state index contributed by atoms with van der Waals surface area (Å²) in [6, 6.07) is 8.46. The summed E-state index contributed by atoms with van der Waals surface area (Å²) < 4.78 is 0. The van der Waals surface area contributed by atoms with Crippen molar-refractivity contribution in [2.75, 3.05) is 18.0 Å². The number of fused-ring (bicyclic) bond motifs is 1. The minimum atomic E-state index is -0.890. The number of benzene rings is 1. The lowest BCUT2D eigenvalue weighted by molar-refractivity contribution is -0.122. The molecule has 0 radical (unpaired) electrons. The molecule has 1 heterocycles. The normalized spacial score (nSPS) is 17.3. The Bertz CT molecular complexity index is 442. The second-order valence-electron chi connectivity index (χ2n) is 5.25. The predicted octanol–water partition coefficient (Wildman–Crippen LogP) is 1.03. The van der Waals surface area contributed by atoms with Gasteiger partial charge in [-0.3, -0.25) is 4.79 Å². The number of nitrogens with zero attached hydrogens (tertiary/aromatic N) is 1. The third kappa shape index (κ3) is 2.64. The number of primary amides is 1. The lowest BCUT2D eigenvalue weighted by Gasteiger charge is -2.24. The van der Waals surface area contributed by atoms with Crippen molar-refractivity contribution in [2.24, 2.45) is 11.5 Å². The molecule has 4 heteroatoms. The maximum atomic E-state index is 11.1. The topological polar surface area (TPSA) is 72.3 Å². The van der Waals surface area contributed by atoms with Crippen LogP contribution < -0.4 is 16.4 Å². The van der Waals surface area contributed by atoms with Crippen LogP contribution in [0.1, 0.15) is 25.3 Å². The number of carbonyl (C=O) groups excluding carboxylic acids is 1. The van der Waals surface area contributed by atoms with Crippen molar-refractivity contribution in [3.05, 3.63) is 29.8 Å². The summed E-state index contributed by atoms with van der Waals surface area (Å²) >= 11 is 0. The molecule has 1 aromatic rings. The highest BCUT2D eigenvalue weighted by molar-refractivity contribution is 5.83. The lowest BCUT2D eigenvalue weighted by atomic mass is 9.96. The first kappa shape index (κ1) is 12.9. The Morgan fingerprint density at radius 3 is 2.89 bits per heavy atom. The Morgan fingerprint density at radius 1 is 1.44 bits per heavy atom. The van der Waals surface area contributed by atoms with Crippen molar-refractivity contribution in [1.29, 1.82) is 0 Å². The molecule has 18 heavy (non-hydrogen) atoms. The number of nitrogens with two attached hydrogens (primary N) is 2. The van der Waals surface area contributed by atoms with Crippen LogP contribution in [-0.2, 0) is 11.2 Å². The Balaban J connectivity index is 1.88. The van der Waals surface area contributed by atoms with Crippen molar-refractivity contribution in [2.45, 2.75) is 31.7 Å². The molecule has 98 valence electrons. The van der Waals surface area contributed by atoms with Crippen molar-refractivity contribution in [1.82, 2.24) is 0 Å². The Kier molecular flexibility index (Phi) is 3.57. The van der Waals surface area contributed by atoms with E-state index in [-0.39, 0.29) is 0 Å². The molecule has 1 unspecified atom stereocenters. The van der Waals surface area contributed by atoms with Crippen LogP contribution in [0.15, 0.2) is 24.3 Å². The second kappa shape index (κ2) is 4.98. The lowest BCUT2D eigenvalue weighted by Crippen LogP contribution is -2.49. The number of amides is 1. The minimum absolute atomic E-state index is 0.427. The van der Waals surface area contributed by atoms with Crippen LogP contribution >= 0.6 is 0 Å². The van der Waals surface area contributed by atoms with Gasteiger partial charge in [0.15, 0.2) is 0 Å². The van der Waals surface area contributed by atoms with Gasteiger partial charge < -0.3 is 16.4 Å². The van der Waals surface area contributed by atoms with Crippen LogP contribution in [0.2, 0.25) is 0 Å². The van der Waals surface area contributed by atoms with E-state index in [0.717, 1.165) is 25.9 Å². The highest BCUT2D eigenvalue weighted by Gasteiger charge is 2.26. The molecule has 1 aromatic carbocycles. The van der Waals surface area contributed by atoms with Crippen LogP contribution in [0.4, 0.5) is 5.69 Å². The maximum Gasteiger partial charge on any atom is 0.237 e. The first-order valence-corrected chi connectivity index (χ1v) is 6.42. The largest absolute Gasteiger partial charge is 0.371 e. The molecule has 0 saturated carbocycles. The van der Waals surface area contributed by atoms with E-state index < -0.39 is 11.4 Å². The van der Waals surface area contributed by atoms with Gasteiger partial charge >= 0.3 is 0 Å². The summed E-state index contributed by atoms with van der Waals surface area (Å²) in [5.41, 5.74) is 12.9. The molecule has 0 aromatic heterocycles. The van der Waals surface area contributed by atoms with Crippen molar-refractivity contribution >= 4 is 11.6 Å². The van der Waals surface area contributed by atoms with Gasteiger partial charge in [0.2, 0.25) is 5.91 Å². The standard InChI is InChI=1S/C14H21N3O/c1-14(16,13(15)18)8-4-9-17-10-7-11-5-2-3-6-12(11)17/h2-3,5-6H,4,7-10,16H2,1H3,(H2,15,18). The molecular formula is C14H21N3O. The molecule has 0 saturated heterocycles. The fraction of sp³-hybridized carbons (Fsp3) is 0.500. The Labute approximate surface area is 108 Å². The van der Waals surface area contributed by atoms with Crippen LogP contribution in [0.3, 0.4) is 0 Å². The molecule has 0 fully saturated rings. The van der Waals surface area contributed by atoms with Crippen molar-refractivity contribution in [3.63, 3.8) is 0 Å². The number of para-hydroxylation sites is 1. The monoisotopic (exact) mass is 247 g/mol. The van der Waals surface area contributed by atoms with E-state index in [9.17, 15) is 4.79 Å². The maximum absolute atomic E-state index is 11.1. The Morgan fingerprint density at radius 2 is 2.17 bits per heavy atom. The number of hydrogen-bond acceptors (Lipinski definition) is 3. The van der Waals surface area contributed by atoms with Crippen molar-refractivity contribution < 1.29 is 4.79 Å². The first-order chi connectivity index (χ1) is 8.50. The SMILES string of the molecule is CC(N)(CCCN1CCc2ccccc21)C(N)=O. The van der Waals surface area contributed by atoms with E-state index in [4.69, 9.17) is 11.5 Å². The van der Waals surface area contributed by atoms with E-state index in [1.54, 1.807) is 6.92 Å². The van der Waals surface area contributed by atoms with Gasteiger partial charge in [0, 0.05) is 18.8 Å². The Hall–Kier alpha value is -1.55. The predicted molar refractivity (Wildman–Crippen MR) is 73.4 cm³/mol. The van der Waals surface area contributed by atoms with Crippen LogP contribution in [0, 0.1) is 0 Å². The molecule has 2 rings (SSSR count). The number of anilines is 1. The molecule has 0 bridgehead atoms. The van der Waals surface area contributed by atoms with E-state index in [2.05, 4.69) is 29.2 Å². The summed E-state index contributed by atoms with van der Waals surface area (Å²) in [7, 11) is 0. The number of hydrogen-bond donors (Lipinski definition) is 2. The number of rotatable bonds is 5. The first-order valence-electron chi connectivity index (χ1n) is 6.42. The highest BCUT2D eigenvalue weighted by atomic mass is 16.1. The summed E-state index contributed by atoms with van der Waals surface area (Å²) in [6.45, 7) is 3.68. The fourth-order valence-corrected chi connectivity index (χ4v) is 2.40. The molecule has 1 atom stereocenters. The molecule has 0 aliphatic carbocycles. The van der Waals surface area contributed by atoms with E-state index in [1.165, 1.54) is 11.3 Å². The molecule has 4 N–H and O–H groups in total. The molecule has 1 aliphatic heterocycles. The quantitative estimate of drug-likeness (QED) is 0.816. The zero-order valence-corrected chi connectivity index (χ0v) is 10.9. The molecule has 1 aliphatic rings. The third-order valence-electron chi connectivity index (χ3n) is 3.67. The van der Waals surface area contributed by atoms with Gasteiger partial charge in [-0.15, -0.1) is 0 Å². The molecule has 1 amide bonds.